The molecule has 11 aromatic rings. The van der Waals surface area contributed by atoms with Crippen molar-refractivity contribution in [2.24, 2.45) is 0 Å². The fourth-order valence-electron chi connectivity index (χ4n) is 10.2. The smallest absolute Gasteiger partial charge is 0.178 e. The first-order valence-corrected chi connectivity index (χ1v) is 22.0. The highest BCUT2D eigenvalue weighted by Crippen LogP contribution is 2.62. The van der Waals surface area contributed by atoms with Crippen molar-refractivity contribution in [2.45, 2.75) is 5.41 Å². The lowest BCUT2D eigenvalue weighted by Gasteiger charge is -2.34. The van der Waals surface area contributed by atoms with Crippen LogP contribution in [-0.4, -0.2) is 9.97 Å². The van der Waals surface area contributed by atoms with E-state index in [0.717, 1.165) is 56.1 Å². The molecule has 0 saturated heterocycles. The van der Waals surface area contributed by atoms with E-state index in [-0.39, 0.29) is 0 Å². The van der Waals surface area contributed by atoms with E-state index in [9.17, 15) is 0 Å². The Morgan fingerprint density at radius 2 is 0.938 bits per heavy atom. The summed E-state index contributed by atoms with van der Waals surface area (Å²) in [5.41, 5.74) is 13.3. The molecule has 0 atom stereocenters. The van der Waals surface area contributed by atoms with Crippen LogP contribution >= 0.6 is 0 Å². The fourth-order valence-corrected chi connectivity index (χ4v) is 10.2. The highest BCUT2D eigenvalue weighted by molar-refractivity contribution is 6.08. The molecule has 2 aliphatic rings. The molecule has 0 unspecified atom stereocenters. The molecular weight excluding hydrogens is 793 g/mol. The van der Waals surface area contributed by atoms with E-state index in [4.69, 9.17) is 19.4 Å². The van der Waals surface area contributed by atoms with Crippen LogP contribution in [-0.2, 0) is 5.41 Å². The average molecular weight is 831 g/mol. The highest BCUT2D eigenvalue weighted by atomic mass is 16.6. The summed E-state index contributed by atoms with van der Waals surface area (Å²) in [6, 6.07) is 81.3. The van der Waals surface area contributed by atoms with Crippen LogP contribution in [0.1, 0.15) is 22.3 Å². The second kappa shape index (κ2) is 14.8. The van der Waals surface area contributed by atoms with E-state index in [0.29, 0.717) is 23.1 Å². The zero-order valence-corrected chi connectivity index (χ0v) is 35.2. The number of nitrogens with zero attached hydrogens (tertiary/aromatic N) is 2. The van der Waals surface area contributed by atoms with Crippen molar-refractivity contribution in [3.63, 3.8) is 0 Å². The summed E-state index contributed by atoms with van der Waals surface area (Å²) in [6.07, 6.45) is 0. The second-order valence-corrected chi connectivity index (χ2v) is 16.8. The molecule has 65 heavy (non-hydrogen) atoms. The van der Waals surface area contributed by atoms with Crippen molar-refractivity contribution < 1.29 is 9.47 Å². The zero-order chi connectivity index (χ0) is 42.9. The van der Waals surface area contributed by atoms with Gasteiger partial charge in [-0.15, -0.1) is 0 Å². The number of hydrogen-bond donors (Lipinski definition) is 0. The van der Waals surface area contributed by atoms with Crippen LogP contribution in [0.5, 0.6) is 23.0 Å². The molecule has 1 aliphatic heterocycles. The predicted octanol–water partition coefficient (Wildman–Crippen LogP) is 15.7. The van der Waals surface area contributed by atoms with Gasteiger partial charge >= 0.3 is 0 Å². The number of hydrogen-bond acceptors (Lipinski definition) is 4. The monoisotopic (exact) mass is 830 g/mol. The van der Waals surface area contributed by atoms with Crippen molar-refractivity contribution in [2.75, 3.05) is 0 Å². The number of benzene rings is 10. The third-order valence-electron chi connectivity index (χ3n) is 13.2. The SMILES string of the molecule is c1ccc(-c2nc(-c3ccc(-c4ccc5c(c4)Oc4c(ccc6c4-c4ccccc4C6(c4ccccc4)c4ccccc4)O5)cc3)cc(-c3ccc4c(ccc5ccccc54)c3)n2)cc1. The Morgan fingerprint density at radius 3 is 1.72 bits per heavy atom. The summed E-state index contributed by atoms with van der Waals surface area (Å²) < 4.78 is 13.7. The third-order valence-corrected chi connectivity index (χ3v) is 13.2. The standard InChI is InChI=1S/C61H38N2O2/c1-4-15-42(16-5-1)60-62-53(38-54(63-60)45-30-32-49-44(36-45)29-26-40-14-10-11-21-48(40)49)41-27-24-39(25-28-41)43-31-34-55-57(37-43)65-59-56(64-55)35-33-52-58(59)50-22-12-13-23-51(50)61(52,46-17-6-2-7-18-46)47-19-8-3-9-20-47/h1-38H. The summed E-state index contributed by atoms with van der Waals surface area (Å²) >= 11 is 0. The van der Waals surface area contributed by atoms with E-state index in [1.54, 1.807) is 0 Å². The van der Waals surface area contributed by atoms with Gasteiger partial charge in [0.15, 0.2) is 28.8 Å². The Labute approximate surface area is 376 Å². The highest BCUT2D eigenvalue weighted by Gasteiger charge is 2.48. The second-order valence-electron chi connectivity index (χ2n) is 16.8. The van der Waals surface area contributed by atoms with Crippen molar-refractivity contribution in [1.29, 1.82) is 0 Å². The van der Waals surface area contributed by atoms with Crippen molar-refractivity contribution >= 4 is 21.5 Å². The van der Waals surface area contributed by atoms with Crippen molar-refractivity contribution in [3.8, 4) is 79.2 Å². The number of fused-ring (bicyclic) bond motifs is 9. The van der Waals surface area contributed by atoms with Gasteiger partial charge in [0.05, 0.1) is 16.8 Å². The molecule has 4 heteroatoms. The van der Waals surface area contributed by atoms with Crippen LogP contribution in [0.15, 0.2) is 231 Å². The molecular formula is C61H38N2O2. The Hall–Kier alpha value is -8.60. The van der Waals surface area contributed by atoms with Gasteiger partial charge in [-0.1, -0.05) is 200 Å². The van der Waals surface area contributed by atoms with Gasteiger partial charge in [0.1, 0.15) is 0 Å². The predicted molar refractivity (Wildman–Crippen MR) is 263 cm³/mol. The van der Waals surface area contributed by atoms with Gasteiger partial charge in [0.2, 0.25) is 0 Å². The molecule has 304 valence electrons. The first-order valence-electron chi connectivity index (χ1n) is 22.0. The minimum absolute atomic E-state index is 0.534. The van der Waals surface area contributed by atoms with E-state index >= 15 is 0 Å². The number of aromatic nitrogens is 2. The zero-order valence-electron chi connectivity index (χ0n) is 35.2. The van der Waals surface area contributed by atoms with E-state index in [1.807, 2.05) is 24.3 Å². The van der Waals surface area contributed by atoms with Crippen LogP contribution in [0, 0.1) is 0 Å². The van der Waals surface area contributed by atoms with Crippen LogP contribution in [0.4, 0.5) is 0 Å². The molecule has 0 N–H and O–H groups in total. The Balaban J connectivity index is 0.868. The first kappa shape index (κ1) is 37.0. The number of rotatable bonds is 6. The molecule has 0 fully saturated rings. The van der Waals surface area contributed by atoms with Gasteiger partial charge in [-0.25, -0.2) is 9.97 Å². The molecule has 1 aliphatic carbocycles. The molecule has 0 bridgehead atoms. The summed E-state index contributed by atoms with van der Waals surface area (Å²) in [7, 11) is 0. The minimum atomic E-state index is -0.534. The van der Waals surface area contributed by atoms with Gasteiger partial charge in [0.25, 0.3) is 0 Å². The van der Waals surface area contributed by atoms with Crippen LogP contribution in [0.25, 0.3) is 77.7 Å². The lowest BCUT2D eigenvalue weighted by Crippen LogP contribution is -2.28. The van der Waals surface area contributed by atoms with Crippen LogP contribution < -0.4 is 9.47 Å². The van der Waals surface area contributed by atoms with Gasteiger partial charge in [-0.05, 0) is 90.8 Å². The molecule has 4 nitrogen and oxygen atoms in total. The molecule has 10 aromatic carbocycles. The summed E-state index contributed by atoms with van der Waals surface area (Å²) in [5, 5.41) is 4.88. The molecule has 0 amide bonds. The van der Waals surface area contributed by atoms with Gasteiger partial charge in [-0.2, -0.15) is 0 Å². The molecule has 0 saturated carbocycles. The maximum absolute atomic E-state index is 7.01. The maximum atomic E-state index is 7.01. The molecule has 0 radical (unpaired) electrons. The number of ether oxygens (including phenoxy) is 2. The van der Waals surface area contributed by atoms with Gasteiger partial charge < -0.3 is 9.47 Å². The summed E-state index contributed by atoms with van der Waals surface area (Å²) in [6.45, 7) is 0. The molecule has 2 heterocycles. The lowest BCUT2D eigenvalue weighted by atomic mass is 9.68. The largest absolute Gasteiger partial charge is 0.449 e. The molecule has 13 rings (SSSR count). The quantitative estimate of drug-likeness (QED) is 0.157. The van der Waals surface area contributed by atoms with E-state index < -0.39 is 5.41 Å². The van der Waals surface area contributed by atoms with Crippen LogP contribution in [0.3, 0.4) is 0 Å². The average Bonchev–Trinajstić information content (AvgIpc) is 3.70. The van der Waals surface area contributed by atoms with Crippen LogP contribution in [0.2, 0.25) is 0 Å². The minimum Gasteiger partial charge on any atom is -0.449 e. The Bertz CT molecular complexity index is 3600. The van der Waals surface area contributed by atoms with Gasteiger partial charge in [-0.3, -0.25) is 0 Å². The molecule has 1 aromatic heterocycles. The lowest BCUT2D eigenvalue weighted by molar-refractivity contribution is 0.360. The normalized spacial score (nSPS) is 13.0. The summed E-state index contributed by atoms with van der Waals surface area (Å²) in [4.78, 5) is 10.3. The van der Waals surface area contributed by atoms with E-state index in [2.05, 4.69) is 206 Å². The van der Waals surface area contributed by atoms with Crippen molar-refractivity contribution in [1.82, 2.24) is 9.97 Å². The fraction of sp³-hybridized carbons (Fsp3) is 0.0164. The molecule has 0 spiro atoms. The van der Waals surface area contributed by atoms with E-state index in [1.165, 1.54) is 43.8 Å². The first-order chi connectivity index (χ1) is 32.2. The van der Waals surface area contributed by atoms with Gasteiger partial charge in [0, 0.05) is 22.3 Å². The Kier molecular flexibility index (Phi) is 8.40. The maximum Gasteiger partial charge on any atom is 0.178 e. The van der Waals surface area contributed by atoms with Crippen molar-refractivity contribution in [3.05, 3.63) is 253 Å². The third kappa shape index (κ3) is 5.92. The Morgan fingerprint density at radius 1 is 0.338 bits per heavy atom. The topological polar surface area (TPSA) is 44.2 Å². The summed E-state index contributed by atoms with van der Waals surface area (Å²) in [5.74, 6) is 3.49.